The normalized spacial score (nSPS) is 19.3. The van der Waals surface area contributed by atoms with Crippen molar-refractivity contribution in [2.24, 2.45) is 0 Å². The Kier molecular flexibility index (Phi) is 5.63. The highest BCUT2D eigenvalue weighted by Crippen LogP contribution is 2.43. The van der Waals surface area contributed by atoms with Crippen molar-refractivity contribution in [1.29, 1.82) is 0 Å². The number of carbonyl (C=O) groups is 2. The number of aromatic amines is 1. The molecule has 0 saturated carbocycles. The summed E-state index contributed by atoms with van der Waals surface area (Å²) in [5, 5.41) is 0.504. The second-order valence-corrected chi connectivity index (χ2v) is 10.2. The summed E-state index contributed by atoms with van der Waals surface area (Å²) in [4.78, 5) is 35.6. The van der Waals surface area contributed by atoms with Gasteiger partial charge in [0.05, 0.1) is 0 Å². The molecule has 156 valence electrons. The Morgan fingerprint density at radius 1 is 1.30 bits per heavy atom. The smallest absolute Gasteiger partial charge is 0.412 e. The molecule has 30 heavy (non-hydrogen) atoms. The molecule has 1 unspecified atom stereocenters. The van der Waals surface area contributed by atoms with Gasteiger partial charge in [-0.15, -0.1) is 11.8 Å². The van der Waals surface area contributed by atoms with Gasteiger partial charge in [0.1, 0.15) is 17.0 Å². The lowest BCUT2D eigenvalue weighted by Crippen LogP contribution is -2.45. The van der Waals surface area contributed by atoms with E-state index in [9.17, 15) is 9.59 Å². The van der Waals surface area contributed by atoms with Gasteiger partial charge < -0.3 is 9.72 Å². The third-order valence-electron chi connectivity index (χ3n) is 4.79. The molecule has 1 aliphatic heterocycles. The second-order valence-electron chi connectivity index (χ2n) is 8.13. The first-order valence-corrected chi connectivity index (χ1v) is 11.4. The quantitative estimate of drug-likeness (QED) is 0.489. The van der Waals surface area contributed by atoms with Crippen LogP contribution >= 0.6 is 27.7 Å². The third-order valence-corrected chi connectivity index (χ3v) is 6.60. The van der Waals surface area contributed by atoms with Gasteiger partial charge in [-0.25, -0.2) is 4.79 Å². The highest BCUT2D eigenvalue weighted by Gasteiger charge is 2.44. The number of nitrogens with one attached hydrogen (secondary N) is 1. The summed E-state index contributed by atoms with van der Waals surface area (Å²) in [6, 6.07) is 8.85. The molecule has 1 N–H and O–H groups in total. The van der Waals surface area contributed by atoms with Crippen molar-refractivity contribution >= 4 is 50.5 Å². The molecule has 1 aromatic carbocycles. The number of rotatable bonds is 3. The summed E-state index contributed by atoms with van der Waals surface area (Å²) >= 11 is 5.00. The summed E-state index contributed by atoms with van der Waals surface area (Å²) in [6.45, 7) is 5.46. The Balaban J connectivity index is 1.71. The van der Waals surface area contributed by atoms with E-state index in [1.54, 1.807) is 35.3 Å². The van der Waals surface area contributed by atoms with Gasteiger partial charge in [0.2, 0.25) is 0 Å². The second kappa shape index (κ2) is 8.07. The predicted octanol–water partition coefficient (Wildman–Crippen LogP) is 5.56. The highest BCUT2D eigenvalue weighted by molar-refractivity contribution is 9.10. The van der Waals surface area contributed by atoms with Crippen LogP contribution in [0.3, 0.4) is 0 Å². The molecule has 2 atom stereocenters. The van der Waals surface area contributed by atoms with Crippen LogP contribution in [0.25, 0.3) is 10.9 Å². The van der Waals surface area contributed by atoms with Crippen LogP contribution in [-0.4, -0.2) is 44.1 Å². The van der Waals surface area contributed by atoms with Crippen molar-refractivity contribution < 1.29 is 14.3 Å². The molecule has 1 aliphatic rings. The third kappa shape index (κ3) is 4.11. The molecular weight excluding hydrogens is 466 g/mol. The first-order valence-electron chi connectivity index (χ1n) is 9.58. The number of halogens is 1. The number of aromatic nitrogens is 2. The van der Waals surface area contributed by atoms with E-state index >= 15 is 0 Å². The van der Waals surface area contributed by atoms with Gasteiger partial charge in [-0.1, -0.05) is 28.1 Å². The van der Waals surface area contributed by atoms with Crippen LogP contribution in [0, 0.1) is 0 Å². The van der Waals surface area contributed by atoms with Crippen molar-refractivity contribution in [3.63, 3.8) is 0 Å². The van der Waals surface area contributed by atoms with Gasteiger partial charge in [0, 0.05) is 50.8 Å². The number of hydrogen-bond acceptors (Lipinski definition) is 5. The molecule has 0 bridgehead atoms. The zero-order valence-electron chi connectivity index (χ0n) is 16.9. The summed E-state index contributed by atoms with van der Waals surface area (Å²) in [6.07, 6.45) is 4.63. The first-order chi connectivity index (χ1) is 14.2. The molecular formula is C22H22BrN3O3S. The van der Waals surface area contributed by atoms with Crippen LogP contribution in [0.15, 0.2) is 53.4 Å². The highest BCUT2D eigenvalue weighted by atomic mass is 79.9. The molecule has 3 heterocycles. The maximum absolute atomic E-state index is 13.6. The van der Waals surface area contributed by atoms with Crippen molar-refractivity contribution in [2.45, 2.75) is 37.8 Å². The fourth-order valence-corrected chi connectivity index (χ4v) is 5.27. The van der Waals surface area contributed by atoms with Crippen LogP contribution in [-0.2, 0) is 4.74 Å². The fraction of sp³-hybridized carbons (Fsp3) is 0.318. The Morgan fingerprint density at radius 2 is 2.10 bits per heavy atom. The number of fused-ring (bicyclic) bond motifs is 1. The predicted molar refractivity (Wildman–Crippen MR) is 122 cm³/mol. The zero-order chi connectivity index (χ0) is 21.5. The van der Waals surface area contributed by atoms with Crippen LogP contribution < -0.4 is 0 Å². The molecule has 1 amide bonds. The lowest BCUT2D eigenvalue weighted by Gasteiger charge is -2.31. The zero-order valence-corrected chi connectivity index (χ0v) is 19.3. The number of carbonyl (C=O) groups excluding carboxylic acids is 2. The largest absolute Gasteiger partial charge is 0.444 e. The Morgan fingerprint density at radius 3 is 2.80 bits per heavy atom. The van der Waals surface area contributed by atoms with Crippen LogP contribution in [0.4, 0.5) is 4.79 Å². The lowest BCUT2D eigenvalue weighted by molar-refractivity contribution is 0.0173. The monoisotopic (exact) mass is 487 g/mol. The maximum Gasteiger partial charge on any atom is 0.412 e. The van der Waals surface area contributed by atoms with Crippen molar-refractivity contribution in [3.8, 4) is 0 Å². The van der Waals surface area contributed by atoms with Crippen molar-refractivity contribution in [2.75, 3.05) is 5.75 Å². The Hall–Kier alpha value is -2.32. The number of benzene rings is 1. The van der Waals surface area contributed by atoms with Crippen LogP contribution in [0.2, 0.25) is 0 Å². The number of Topliss-reactive ketones (excluding diaryl/α,β-unsaturated/α-hetero) is 1. The van der Waals surface area contributed by atoms with Gasteiger partial charge >= 0.3 is 6.09 Å². The molecule has 4 rings (SSSR count). The van der Waals surface area contributed by atoms with Gasteiger partial charge in [0.15, 0.2) is 5.78 Å². The summed E-state index contributed by atoms with van der Waals surface area (Å²) in [7, 11) is 0. The van der Waals surface area contributed by atoms with Gasteiger partial charge in [-0.2, -0.15) is 0 Å². The van der Waals surface area contributed by atoms with E-state index in [1.165, 1.54) is 0 Å². The number of thioether (sulfide) groups is 1. The molecule has 2 aromatic heterocycles. The van der Waals surface area contributed by atoms with E-state index in [0.717, 1.165) is 20.9 Å². The standard InChI is InChI=1S/C22H22BrN3O3S/c1-22(2,3)29-21(28)26-18(12-30-20(26)13-5-4-8-24-10-13)19(27)16-11-25-17-9-14(23)6-7-15(16)17/h4-11,18,20,25H,12H2,1-3H3/t18-,20?/m0/s1. The molecule has 0 spiro atoms. The number of amides is 1. The molecule has 8 heteroatoms. The minimum atomic E-state index is -0.662. The van der Waals surface area contributed by atoms with E-state index in [0.29, 0.717) is 11.3 Å². The van der Waals surface area contributed by atoms with E-state index < -0.39 is 17.7 Å². The minimum Gasteiger partial charge on any atom is -0.444 e. The van der Waals surface area contributed by atoms with E-state index in [1.807, 2.05) is 51.1 Å². The minimum absolute atomic E-state index is 0.103. The van der Waals surface area contributed by atoms with Crippen LogP contribution in [0.5, 0.6) is 0 Å². The van der Waals surface area contributed by atoms with E-state index in [2.05, 4.69) is 25.9 Å². The lowest BCUT2D eigenvalue weighted by atomic mass is 10.0. The summed E-state index contributed by atoms with van der Waals surface area (Å²) < 4.78 is 6.59. The average Bonchev–Trinajstić information content (AvgIpc) is 3.31. The van der Waals surface area contributed by atoms with Gasteiger partial charge in [-0.05, 0) is 39.0 Å². The van der Waals surface area contributed by atoms with E-state index in [4.69, 9.17) is 4.74 Å². The van der Waals surface area contributed by atoms with Crippen molar-refractivity contribution in [1.82, 2.24) is 14.9 Å². The molecule has 0 aliphatic carbocycles. The van der Waals surface area contributed by atoms with Gasteiger partial charge in [-0.3, -0.25) is 14.7 Å². The average molecular weight is 488 g/mol. The number of pyridine rings is 1. The van der Waals surface area contributed by atoms with Crippen LogP contribution in [0.1, 0.15) is 42.1 Å². The van der Waals surface area contributed by atoms with Crippen molar-refractivity contribution in [3.05, 3.63) is 64.5 Å². The molecule has 0 radical (unpaired) electrons. The number of H-pyrrole nitrogens is 1. The molecule has 1 saturated heterocycles. The van der Waals surface area contributed by atoms with E-state index in [-0.39, 0.29) is 11.2 Å². The SMILES string of the molecule is CC(C)(C)OC(=O)N1C(c2cccnc2)SC[C@H]1C(=O)c1c[nH]c2cc(Br)ccc12. The Bertz CT molecular complexity index is 1090. The number of ketones is 1. The summed E-state index contributed by atoms with van der Waals surface area (Å²) in [5.41, 5.74) is 1.64. The van der Waals surface area contributed by atoms with Gasteiger partial charge in [0.25, 0.3) is 0 Å². The first kappa shape index (κ1) is 20.9. The topological polar surface area (TPSA) is 75.3 Å². The summed E-state index contributed by atoms with van der Waals surface area (Å²) in [5.74, 6) is 0.384. The Labute approximate surface area is 187 Å². The fourth-order valence-electron chi connectivity index (χ4n) is 3.51. The molecule has 1 fully saturated rings. The molecule has 6 nitrogen and oxygen atoms in total. The number of ether oxygens (including phenoxy) is 1. The number of hydrogen-bond donors (Lipinski definition) is 1. The number of nitrogens with zero attached hydrogens (tertiary/aromatic N) is 2. The maximum atomic E-state index is 13.6. The molecule has 3 aromatic rings.